The lowest BCUT2D eigenvalue weighted by molar-refractivity contribution is -0.146. The molecule has 0 spiro atoms. The predicted octanol–water partition coefficient (Wildman–Crippen LogP) is 5.28. The minimum atomic E-state index is -1.40. The average molecular weight is 651 g/mol. The zero-order valence-electron chi connectivity index (χ0n) is 25.0. The van der Waals surface area contributed by atoms with E-state index in [2.05, 4.69) is 16.3 Å². The van der Waals surface area contributed by atoms with Crippen LogP contribution in [0.15, 0.2) is 91.1 Å². The number of hydrogen-bond donors (Lipinski definition) is 3. The molecule has 1 saturated heterocycles. The highest BCUT2D eigenvalue weighted by Crippen LogP contribution is 2.40. The van der Waals surface area contributed by atoms with Gasteiger partial charge in [-0.05, 0) is 81.2 Å². The molecule has 2 amide bonds. The second-order valence-electron chi connectivity index (χ2n) is 12.0. The Balaban J connectivity index is 1.34. The molecular weight excluding hydrogens is 613 g/mol. The van der Waals surface area contributed by atoms with Crippen molar-refractivity contribution in [3.63, 3.8) is 0 Å². The molecule has 3 N–H and O–H groups in total. The number of aliphatic hydroxyl groups is 1. The van der Waals surface area contributed by atoms with Crippen molar-refractivity contribution in [2.75, 3.05) is 26.2 Å². The van der Waals surface area contributed by atoms with Crippen molar-refractivity contribution >= 4 is 41.0 Å². The van der Waals surface area contributed by atoms with Crippen LogP contribution in [-0.4, -0.2) is 76.1 Å². The molecule has 236 valence electrons. The van der Waals surface area contributed by atoms with Gasteiger partial charge < -0.3 is 25.3 Å². The number of likely N-dealkylation sites (tertiary alicyclic amines) is 1. The highest BCUT2D eigenvalue weighted by Gasteiger charge is 2.45. The first-order valence-corrected chi connectivity index (χ1v) is 15.8. The smallest absolute Gasteiger partial charge is 0.328 e. The van der Waals surface area contributed by atoms with Gasteiger partial charge in [-0.25, -0.2) is 4.79 Å². The molecule has 8 nitrogen and oxygen atoms in total. The Labute approximate surface area is 273 Å². The molecule has 2 aliphatic rings. The van der Waals surface area contributed by atoms with Crippen molar-refractivity contribution in [1.29, 1.82) is 0 Å². The monoisotopic (exact) mass is 649 g/mol. The third-order valence-corrected chi connectivity index (χ3v) is 9.92. The van der Waals surface area contributed by atoms with Gasteiger partial charge >= 0.3 is 5.97 Å². The fraction of sp³-hybridized carbons (Fsp3) is 0.343. The molecule has 10 heteroatoms. The molecule has 0 aliphatic carbocycles. The number of hydrogen-bond acceptors (Lipinski definition) is 5. The number of nitrogens with one attached hydrogen (secondary N) is 1. The molecule has 1 fully saturated rings. The summed E-state index contributed by atoms with van der Waals surface area (Å²) >= 11 is 12.7. The molecular formula is C35H37Cl2N3O5. The van der Waals surface area contributed by atoms with Crippen LogP contribution in [0.4, 0.5) is 0 Å². The van der Waals surface area contributed by atoms with Crippen LogP contribution in [0.1, 0.15) is 47.7 Å². The number of nitrogens with zero attached hydrogens (tertiary/aromatic N) is 2. The van der Waals surface area contributed by atoms with E-state index >= 15 is 0 Å². The SMILES string of the molecule is CC(O)C(NC(=O)C1(c2ccccc2)CCN(CCC2(c3ccc(Cl)c(Cl)c3)C=CN(C(=O)c3ccccc3)C2)CC1)C(=O)O. The molecule has 3 unspecified atom stereocenters. The molecule has 0 radical (unpaired) electrons. The number of halogens is 2. The largest absolute Gasteiger partial charge is 0.480 e. The molecule has 3 atom stereocenters. The Hall–Kier alpha value is -3.69. The van der Waals surface area contributed by atoms with Crippen LogP contribution in [0.25, 0.3) is 0 Å². The first-order valence-electron chi connectivity index (χ1n) is 15.1. The maximum atomic E-state index is 13.8. The zero-order valence-corrected chi connectivity index (χ0v) is 26.5. The van der Waals surface area contributed by atoms with E-state index in [1.165, 1.54) is 6.92 Å². The summed E-state index contributed by atoms with van der Waals surface area (Å²) in [5, 5.41) is 23.1. The molecule has 5 rings (SSSR count). The summed E-state index contributed by atoms with van der Waals surface area (Å²) in [4.78, 5) is 42.9. The number of carboxylic acids is 1. The van der Waals surface area contributed by atoms with Crippen LogP contribution >= 0.6 is 23.2 Å². The lowest BCUT2D eigenvalue weighted by Gasteiger charge is -2.42. The van der Waals surface area contributed by atoms with Gasteiger partial charge in [-0.1, -0.05) is 83.9 Å². The Bertz CT molecular complexity index is 1560. The number of rotatable bonds is 10. The molecule has 0 bridgehead atoms. The van der Waals surface area contributed by atoms with Gasteiger partial charge in [0.2, 0.25) is 5.91 Å². The van der Waals surface area contributed by atoms with Crippen LogP contribution in [0.2, 0.25) is 10.0 Å². The quantitative estimate of drug-likeness (QED) is 0.276. The summed E-state index contributed by atoms with van der Waals surface area (Å²) < 4.78 is 0. The van der Waals surface area contributed by atoms with Gasteiger partial charge in [0.25, 0.3) is 5.91 Å². The lowest BCUT2D eigenvalue weighted by Crippen LogP contribution is -2.57. The normalized spacial score (nSPS) is 20.8. The number of amides is 2. The third-order valence-electron chi connectivity index (χ3n) is 9.18. The highest BCUT2D eigenvalue weighted by atomic mass is 35.5. The maximum Gasteiger partial charge on any atom is 0.328 e. The molecule has 0 aromatic heterocycles. The molecule has 3 aromatic rings. The summed E-state index contributed by atoms with van der Waals surface area (Å²) in [5.74, 6) is -1.76. The van der Waals surface area contributed by atoms with Crippen LogP contribution in [0.5, 0.6) is 0 Å². The number of aliphatic hydroxyl groups excluding tert-OH is 1. The number of piperidine rings is 1. The van der Waals surface area contributed by atoms with Crippen molar-refractivity contribution in [2.24, 2.45) is 0 Å². The number of carbonyl (C=O) groups is 3. The Morgan fingerprint density at radius 1 is 0.911 bits per heavy atom. The molecule has 2 heterocycles. The first-order chi connectivity index (χ1) is 21.5. The molecule has 2 aliphatic heterocycles. The molecule has 0 saturated carbocycles. The van der Waals surface area contributed by atoms with E-state index in [1.54, 1.807) is 23.1 Å². The van der Waals surface area contributed by atoms with Gasteiger partial charge in [0.05, 0.1) is 21.6 Å². The van der Waals surface area contributed by atoms with Crippen LogP contribution in [-0.2, 0) is 20.4 Å². The summed E-state index contributed by atoms with van der Waals surface area (Å²) in [5.41, 5.74) is 0.950. The summed E-state index contributed by atoms with van der Waals surface area (Å²) in [6.07, 6.45) is 4.31. The summed E-state index contributed by atoms with van der Waals surface area (Å²) in [6, 6.07) is 22.8. The van der Waals surface area contributed by atoms with E-state index in [1.807, 2.05) is 66.9 Å². The third kappa shape index (κ3) is 6.94. The average Bonchev–Trinajstić information content (AvgIpc) is 3.49. The van der Waals surface area contributed by atoms with Gasteiger partial charge in [0.1, 0.15) is 0 Å². The Morgan fingerprint density at radius 3 is 2.16 bits per heavy atom. The second-order valence-corrected chi connectivity index (χ2v) is 12.8. The zero-order chi connectivity index (χ0) is 32.2. The number of carbonyl (C=O) groups excluding carboxylic acids is 2. The van der Waals surface area contributed by atoms with E-state index < -0.39 is 34.9 Å². The van der Waals surface area contributed by atoms with Crippen LogP contribution < -0.4 is 5.32 Å². The second kappa shape index (κ2) is 13.7. The van der Waals surface area contributed by atoms with Crippen LogP contribution in [0.3, 0.4) is 0 Å². The summed E-state index contributed by atoms with van der Waals surface area (Å²) in [7, 11) is 0. The Morgan fingerprint density at radius 2 is 1.56 bits per heavy atom. The summed E-state index contributed by atoms with van der Waals surface area (Å²) in [6.45, 7) is 3.69. The van der Waals surface area contributed by atoms with Gasteiger partial charge in [0, 0.05) is 23.7 Å². The minimum absolute atomic E-state index is 0.0812. The van der Waals surface area contributed by atoms with Gasteiger partial charge in [-0.3, -0.25) is 9.59 Å². The number of benzene rings is 3. The van der Waals surface area contributed by atoms with Crippen molar-refractivity contribution in [1.82, 2.24) is 15.1 Å². The van der Waals surface area contributed by atoms with Gasteiger partial charge in [0.15, 0.2) is 6.04 Å². The highest BCUT2D eigenvalue weighted by molar-refractivity contribution is 6.42. The Kier molecular flexibility index (Phi) is 9.99. The maximum absolute atomic E-state index is 13.8. The fourth-order valence-electron chi connectivity index (χ4n) is 6.42. The molecule has 3 aromatic carbocycles. The van der Waals surface area contributed by atoms with Crippen molar-refractivity contribution in [3.05, 3.63) is 118 Å². The number of aliphatic carboxylic acids is 1. The van der Waals surface area contributed by atoms with Gasteiger partial charge in [-0.15, -0.1) is 0 Å². The van der Waals surface area contributed by atoms with Crippen molar-refractivity contribution in [3.8, 4) is 0 Å². The van der Waals surface area contributed by atoms with E-state index in [-0.39, 0.29) is 5.91 Å². The van der Waals surface area contributed by atoms with E-state index in [0.717, 1.165) is 11.1 Å². The van der Waals surface area contributed by atoms with Crippen molar-refractivity contribution < 1.29 is 24.6 Å². The molecule has 45 heavy (non-hydrogen) atoms. The topological polar surface area (TPSA) is 110 Å². The standard InChI is InChI=1S/C35H37Cl2N3O5/c1-24(41)30(32(43)44)38-33(45)35(26-10-6-3-7-11-26)16-19-39(20-17-35)18-14-34(27-12-13-28(36)29(37)22-27)15-21-40(23-34)31(42)25-8-4-2-5-9-25/h2-13,15,21-22,24,30,41H,14,16-20,23H2,1H3,(H,38,45)(H,43,44). The first kappa shape index (κ1) is 32.7. The lowest BCUT2D eigenvalue weighted by atomic mass is 9.71. The van der Waals surface area contributed by atoms with Gasteiger partial charge in [-0.2, -0.15) is 0 Å². The predicted molar refractivity (Wildman–Crippen MR) is 174 cm³/mol. The fourth-order valence-corrected chi connectivity index (χ4v) is 6.71. The minimum Gasteiger partial charge on any atom is -0.480 e. The number of carboxylic acid groups (broad SMARTS) is 1. The van der Waals surface area contributed by atoms with Crippen LogP contribution in [0, 0.1) is 0 Å². The van der Waals surface area contributed by atoms with E-state index in [4.69, 9.17) is 23.2 Å². The van der Waals surface area contributed by atoms with E-state index in [0.29, 0.717) is 61.1 Å². The van der Waals surface area contributed by atoms with E-state index in [9.17, 15) is 24.6 Å². The van der Waals surface area contributed by atoms with Crippen molar-refractivity contribution in [2.45, 2.75) is 49.2 Å².